The minimum absolute atomic E-state index is 0.161. The lowest BCUT2D eigenvalue weighted by Crippen LogP contribution is -2.24. The lowest BCUT2D eigenvalue weighted by Gasteiger charge is -2.26. The van der Waals surface area contributed by atoms with Gasteiger partial charge in [-0.2, -0.15) is 0 Å². The zero-order chi connectivity index (χ0) is 20.8. The van der Waals surface area contributed by atoms with Crippen LogP contribution in [0.15, 0.2) is 48.7 Å². The van der Waals surface area contributed by atoms with Crippen molar-refractivity contribution in [2.75, 3.05) is 5.32 Å². The Hall–Kier alpha value is -3.28. The molecule has 6 rings (SSSR count). The van der Waals surface area contributed by atoms with Crippen LogP contribution in [0, 0.1) is 5.92 Å². The summed E-state index contributed by atoms with van der Waals surface area (Å²) in [5.41, 5.74) is 5.31. The highest BCUT2D eigenvalue weighted by molar-refractivity contribution is 6.10. The van der Waals surface area contributed by atoms with E-state index in [4.69, 9.17) is 0 Å². The van der Waals surface area contributed by atoms with Gasteiger partial charge in [0.2, 0.25) is 0 Å². The molecule has 0 atom stereocenters. The fourth-order valence-corrected chi connectivity index (χ4v) is 4.73. The first-order chi connectivity index (χ1) is 15.3. The van der Waals surface area contributed by atoms with E-state index in [0.717, 1.165) is 64.6 Å². The van der Waals surface area contributed by atoms with Gasteiger partial charge in [0, 0.05) is 23.5 Å². The molecule has 1 N–H and O–H groups in total. The molecule has 0 amide bonds. The average molecular weight is 412 g/mol. The molecule has 2 aliphatic rings. The average Bonchev–Trinajstić information content (AvgIpc) is 3.58. The number of benzene rings is 2. The second-order valence-corrected chi connectivity index (χ2v) is 8.86. The van der Waals surface area contributed by atoms with E-state index in [0.29, 0.717) is 6.04 Å². The first-order valence-electron chi connectivity index (χ1n) is 11.3. The van der Waals surface area contributed by atoms with Gasteiger partial charge in [0.05, 0.1) is 28.0 Å². The number of hydrogen-bond donors (Lipinski definition) is 1. The quantitative estimate of drug-likeness (QED) is 0.451. The third-order valence-corrected chi connectivity index (χ3v) is 6.62. The van der Waals surface area contributed by atoms with Crippen molar-refractivity contribution < 1.29 is 4.79 Å². The molecular weight excluding hydrogens is 386 g/mol. The molecule has 0 bridgehead atoms. The molecule has 156 valence electrons. The molecule has 2 aromatic heterocycles. The SMILES string of the molecule is O=C(c1cnc2ccc(-n3nnc4ccccc43)cc2c1NC1CCCCC1)C1CC1. The summed E-state index contributed by atoms with van der Waals surface area (Å²) in [6.45, 7) is 0. The Kier molecular flexibility index (Phi) is 4.44. The Labute approximate surface area is 180 Å². The van der Waals surface area contributed by atoms with E-state index in [1.54, 1.807) is 6.20 Å². The van der Waals surface area contributed by atoms with Gasteiger partial charge in [-0.15, -0.1) is 5.10 Å². The Bertz CT molecular complexity index is 1280. The van der Waals surface area contributed by atoms with Crippen molar-refractivity contribution >= 4 is 33.4 Å². The summed E-state index contributed by atoms with van der Waals surface area (Å²) in [7, 11) is 0. The first kappa shape index (κ1) is 18.5. The highest BCUT2D eigenvalue weighted by Gasteiger charge is 2.33. The van der Waals surface area contributed by atoms with Crippen LogP contribution < -0.4 is 5.32 Å². The number of Topliss-reactive ketones (excluding diaryl/α,β-unsaturated/α-hetero) is 1. The minimum atomic E-state index is 0.161. The van der Waals surface area contributed by atoms with Gasteiger partial charge in [-0.3, -0.25) is 9.78 Å². The van der Waals surface area contributed by atoms with Gasteiger partial charge in [0.1, 0.15) is 5.52 Å². The maximum Gasteiger partial charge on any atom is 0.169 e. The van der Waals surface area contributed by atoms with Crippen LogP contribution in [-0.2, 0) is 0 Å². The third-order valence-electron chi connectivity index (χ3n) is 6.62. The van der Waals surface area contributed by atoms with E-state index < -0.39 is 0 Å². The summed E-state index contributed by atoms with van der Waals surface area (Å²) >= 11 is 0. The van der Waals surface area contributed by atoms with Crippen molar-refractivity contribution in [3.05, 3.63) is 54.2 Å². The number of nitrogens with one attached hydrogen (secondary N) is 1. The normalized spacial score (nSPS) is 17.3. The number of carbonyl (C=O) groups excluding carboxylic acids is 1. The fraction of sp³-hybridized carbons (Fsp3) is 0.360. The zero-order valence-electron chi connectivity index (χ0n) is 17.4. The number of carbonyl (C=O) groups is 1. The van der Waals surface area contributed by atoms with Crippen molar-refractivity contribution in [1.29, 1.82) is 0 Å². The minimum Gasteiger partial charge on any atom is -0.381 e. The highest BCUT2D eigenvalue weighted by atomic mass is 16.1. The number of fused-ring (bicyclic) bond motifs is 2. The van der Waals surface area contributed by atoms with Crippen LogP contribution in [0.1, 0.15) is 55.3 Å². The number of hydrogen-bond acceptors (Lipinski definition) is 5. The van der Waals surface area contributed by atoms with E-state index >= 15 is 0 Å². The van der Waals surface area contributed by atoms with E-state index in [-0.39, 0.29) is 11.7 Å². The molecule has 6 nitrogen and oxygen atoms in total. The van der Waals surface area contributed by atoms with Crippen LogP contribution in [-0.4, -0.2) is 31.8 Å². The largest absolute Gasteiger partial charge is 0.381 e. The molecule has 2 fully saturated rings. The number of nitrogens with zero attached hydrogens (tertiary/aromatic N) is 4. The maximum atomic E-state index is 13.1. The molecule has 0 aliphatic heterocycles. The number of ketones is 1. The standard InChI is InChI=1S/C25H25N5O/c31-25(16-10-11-16)20-15-26-21-13-12-18(30-23-9-5-4-8-22(23)28-29-30)14-19(21)24(20)27-17-6-2-1-3-7-17/h4-5,8-9,12-17H,1-3,6-7,10-11H2,(H,26,27). The number of anilines is 1. The van der Waals surface area contributed by atoms with Crippen molar-refractivity contribution in [3.8, 4) is 5.69 Å². The second-order valence-electron chi connectivity index (χ2n) is 8.86. The molecule has 0 saturated heterocycles. The first-order valence-corrected chi connectivity index (χ1v) is 11.3. The number of rotatable bonds is 5. The maximum absolute atomic E-state index is 13.1. The molecule has 2 saturated carbocycles. The monoisotopic (exact) mass is 411 g/mol. The van der Waals surface area contributed by atoms with Gasteiger partial charge < -0.3 is 5.32 Å². The topological polar surface area (TPSA) is 72.7 Å². The van der Waals surface area contributed by atoms with E-state index in [1.165, 1.54) is 19.3 Å². The Morgan fingerprint density at radius 2 is 1.81 bits per heavy atom. The van der Waals surface area contributed by atoms with Crippen molar-refractivity contribution in [1.82, 2.24) is 20.0 Å². The van der Waals surface area contributed by atoms with Crippen LogP contribution in [0.3, 0.4) is 0 Å². The number of para-hydroxylation sites is 1. The van der Waals surface area contributed by atoms with Crippen LogP contribution >= 0.6 is 0 Å². The van der Waals surface area contributed by atoms with Crippen LogP contribution in [0.25, 0.3) is 27.6 Å². The zero-order valence-corrected chi connectivity index (χ0v) is 17.4. The lowest BCUT2D eigenvalue weighted by molar-refractivity contribution is 0.0968. The predicted octanol–water partition coefficient (Wildman–Crippen LogP) is 5.31. The molecule has 31 heavy (non-hydrogen) atoms. The van der Waals surface area contributed by atoms with Crippen LogP contribution in [0.4, 0.5) is 5.69 Å². The molecule has 2 aromatic carbocycles. The molecule has 0 spiro atoms. The molecule has 2 aliphatic carbocycles. The van der Waals surface area contributed by atoms with Crippen molar-refractivity contribution in [3.63, 3.8) is 0 Å². The summed E-state index contributed by atoms with van der Waals surface area (Å²) in [6.07, 6.45) is 9.83. The second kappa shape index (κ2) is 7.45. The Balaban J connectivity index is 1.51. The molecule has 0 radical (unpaired) electrons. The lowest BCUT2D eigenvalue weighted by atomic mass is 9.94. The van der Waals surface area contributed by atoms with Crippen molar-refractivity contribution in [2.45, 2.75) is 51.0 Å². The van der Waals surface area contributed by atoms with Gasteiger partial charge in [-0.05, 0) is 56.0 Å². The van der Waals surface area contributed by atoms with Crippen LogP contribution in [0.2, 0.25) is 0 Å². The summed E-state index contributed by atoms with van der Waals surface area (Å²) in [4.78, 5) is 17.7. The van der Waals surface area contributed by atoms with E-state index in [9.17, 15) is 4.79 Å². The van der Waals surface area contributed by atoms with Gasteiger partial charge >= 0.3 is 0 Å². The smallest absolute Gasteiger partial charge is 0.169 e. The van der Waals surface area contributed by atoms with E-state index in [2.05, 4.69) is 26.7 Å². The number of aromatic nitrogens is 4. The fourth-order valence-electron chi connectivity index (χ4n) is 4.73. The third kappa shape index (κ3) is 3.36. The summed E-state index contributed by atoms with van der Waals surface area (Å²) in [5, 5.41) is 13.4. The molecular formula is C25H25N5O. The summed E-state index contributed by atoms with van der Waals surface area (Å²) in [5.74, 6) is 0.387. The van der Waals surface area contributed by atoms with Gasteiger partial charge in [-0.25, -0.2) is 4.68 Å². The van der Waals surface area contributed by atoms with Crippen LogP contribution in [0.5, 0.6) is 0 Å². The van der Waals surface area contributed by atoms with Gasteiger partial charge in [0.15, 0.2) is 5.78 Å². The Morgan fingerprint density at radius 3 is 2.65 bits per heavy atom. The van der Waals surface area contributed by atoms with Gasteiger partial charge in [0.25, 0.3) is 0 Å². The van der Waals surface area contributed by atoms with Crippen molar-refractivity contribution in [2.24, 2.45) is 5.92 Å². The summed E-state index contributed by atoms with van der Waals surface area (Å²) < 4.78 is 1.86. The molecule has 6 heteroatoms. The molecule has 2 heterocycles. The summed E-state index contributed by atoms with van der Waals surface area (Å²) in [6, 6.07) is 14.5. The molecule has 0 unspecified atom stereocenters. The van der Waals surface area contributed by atoms with E-state index in [1.807, 2.05) is 41.1 Å². The van der Waals surface area contributed by atoms with Gasteiger partial charge in [-0.1, -0.05) is 36.6 Å². The highest BCUT2D eigenvalue weighted by Crippen LogP contribution is 2.38. The predicted molar refractivity (Wildman–Crippen MR) is 122 cm³/mol. The molecule has 4 aromatic rings. The number of pyridine rings is 1. The Morgan fingerprint density at radius 1 is 0.968 bits per heavy atom.